The summed E-state index contributed by atoms with van der Waals surface area (Å²) in [5.74, 6) is 1.75. The molecule has 25 heavy (non-hydrogen) atoms. The van der Waals surface area contributed by atoms with Crippen LogP contribution in [0.5, 0.6) is 0 Å². The highest BCUT2D eigenvalue weighted by molar-refractivity contribution is 8.00. The number of amides is 1. The Morgan fingerprint density at radius 1 is 1.08 bits per heavy atom. The zero-order valence-corrected chi connectivity index (χ0v) is 16.0. The van der Waals surface area contributed by atoms with Gasteiger partial charge in [-0.15, -0.1) is 11.8 Å². The Bertz CT molecular complexity index is 607. The SMILES string of the molecule is Cc1ccccc1SCC(=O)N1CCN([C@H]2CN3CCC2CC3)CC1. The van der Waals surface area contributed by atoms with Gasteiger partial charge in [-0.05, 0) is 50.4 Å². The summed E-state index contributed by atoms with van der Waals surface area (Å²) in [6, 6.07) is 9.06. The van der Waals surface area contributed by atoms with Crippen LogP contribution in [0.25, 0.3) is 0 Å². The van der Waals surface area contributed by atoms with Crippen LogP contribution in [0.15, 0.2) is 29.2 Å². The fraction of sp³-hybridized carbons (Fsp3) is 0.650. The molecule has 4 fully saturated rings. The van der Waals surface area contributed by atoms with E-state index >= 15 is 0 Å². The maximum absolute atomic E-state index is 12.6. The first-order valence-corrected chi connectivity index (χ1v) is 10.6. The molecular formula is C20H29N3OS. The highest BCUT2D eigenvalue weighted by atomic mass is 32.2. The highest BCUT2D eigenvalue weighted by Gasteiger charge is 2.38. The Hall–Kier alpha value is -1.04. The van der Waals surface area contributed by atoms with Crippen molar-refractivity contribution in [2.24, 2.45) is 5.92 Å². The second kappa shape index (κ2) is 7.68. The molecule has 0 aromatic heterocycles. The molecule has 1 aromatic rings. The number of piperidine rings is 3. The molecule has 136 valence electrons. The molecule has 2 bridgehead atoms. The van der Waals surface area contributed by atoms with Crippen molar-refractivity contribution in [3.8, 4) is 0 Å². The largest absolute Gasteiger partial charge is 0.339 e. The van der Waals surface area contributed by atoms with E-state index in [0.717, 1.165) is 38.1 Å². The molecule has 0 unspecified atom stereocenters. The third-order valence-electron chi connectivity index (χ3n) is 6.20. The Balaban J connectivity index is 1.26. The van der Waals surface area contributed by atoms with Gasteiger partial charge in [0.25, 0.3) is 0 Å². The van der Waals surface area contributed by atoms with Gasteiger partial charge in [0.05, 0.1) is 5.75 Å². The molecule has 4 heterocycles. The molecule has 4 nitrogen and oxygen atoms in total. The first-order valence-electron chi connectivity index (χ1n) is 9.63. The Kier molecular flexibility index (Phi) is 5.34. The van der Waals surface area contributed by atoms with Crippen molar-refractivity contribution >= 4 is 17.7 Å². The minimum absolute atomic E-state index is 0.293. The second-order valence-electron chi connectivity index (χ2n) is 7.68. The lowest BCUT2D eigenvalue weighted by Crippen LogP contribution is -2.61. The maximum Gasteiger partial charge on any atom is 0.233 e. The summed E-state index contributed by atoms with van der Waals surface area (Å²) in [6.45, 7) is 9.87. The molecule has 4 aliphatic rings. The topological polar surface area (TPSA) is 26.8 Å². The zero-order chi connectivity index (χ0) is 17.2. The van der Waals surface area contributed by atoms with Gasteiger partial charge in [-0.25, -0.2) is 0 Å². The lowest BCUT2D eigenvalue weighted by molar-refractivity contribution is -0.131. The molecule has 4 saturated heterocycles. The number of thioether (sulfide) groups is 1. The summed E-state index contributed by atoms with van der Waals surface area (Å²) in [5.41, 5.74) is 1.26. The van der Waals surface area contributed by atoms with Gasteiger partial charge in [0.2, 0.25) is 5.91 Å². The van der Waals surface area contributed by atoms with E-state index < -0.39 is 0 Å². The van der Waals surface area contributed by atoms with Gasteiger partial charge in [-0.1, -0.05) is 18.2 Å². The second-order valence-corrected chi connectivity index (χ2v) is 8.69. The van der Waals surface area contributed by atoms with E-state index in [0.29, 0.717) is 11.7 Å². The van der Waals surface area contributed by atoms with E-state index in [4.69, 9.17) is 0 Å². The van der Waals surface area contributed by atoms with E-state index in [9.17, 15) is 4.79 Å². The summed E-state index contributed by atoms with van der Waals surface area (Å²) in [6.07, 6.45) is 2.74. The highest BCUT2D eigenvalue weighted by Crippen LogP contribution is 2.31. The van der Waals surface area contributed by atoms with Crippen LogP contribution in [0.2, 0.25) is 0 Å². The summed E-state index contributed by atoms with van der Waals surface area (Å²) in [7, 11) is 0. The number of rotatable bonds is 4. The Labute approximate surface area is 155 Å². The third-order valence-corrected chi connectivity index (χ3v) is 7.36. The monoisotopic (exact) mass is 359 g/mol. The van der Waals surface area contributed by atoms with Gasteiger partial charge >= 0.3 is 0 Å². The molecule has 1 amide bonds. The number of hydrogen-bond acceptors (Lipinski definition) is 4. The molecule has 0 radical (unpaired) electrons. The van der Waals surface area contributed by atoms with Gasteiger partial charge < -0.3 is 9.80 Å². The zero-order valence-electron chi connectivity index (χ0n) is 15.2. The minimum atomic E-state index is 0.293. The number of carbonyl (C=O) groups excluding carboxylic acids is 1. The predicted octanol–water partition coefficient (Wildman–Crippen LogP) is 2.33. The molecule has 1 atom stereocenters. The van der Waals surface area contributed by atoms with Crippen molar-refractivity contribution in [1.82, 2.24) is 14.7 Å². The Morgan fingerprint density at radius 3 is 2.44 bits per heavy atom. The van der Waals surface area contributed by atoms with Crippen LogP contribution in [0.4, 0.5) is 0 Å². The van der Waals surface area contributed by atoms with Gasteiger partial charge in [-0.2, -0.15) is 0 Å². The smallest absolute Gasteiger partial charge is 0.233 e. The quantitative estimate of drug-likeness (QED) is 0.771. The summed E-state index contributed by atoms with van der Waals surface area (Å²) in [5, 5.41) is 0. The molecule has 5 rings (SSSR count). The van der Waals surface area contributed by atoms with Crippen LogP contribution >= 0.6 is 11.8 Å². The van der Waals surface area contributed by atoms with Crippen LogP contribution in [0.3, 0.4) is 0 Å². The number of fused-ring (bicyclic) bond motifs is 3. The average molecular weight is 360 g/mol. The number of benzene rings is 1. The molecule has 0 saturated carbocycles. The van der Waals surface area contributed by atoms with Crippen molar-refractivity contribution in [3.05, 3.63) is 29.8 Å². The summed E-state index contributed by atoms with van der Waals surface area (Å²) >= 11 is 1.68. The fourth-order valence-corrected chi connectivity index (χ4v) is 5.53. The first kappa shape index (κ1) is 17.4. The maximum atomic E-state index is 12.6. The van der Waals surface area contributed by atoms with Crippen molar-refractivity contribution in [1.29, 1.82) is 0 Å². The summed E-state index contributed by atoms with van der Waals surface area (Å²) in [4.78, 5) is 21.2. The van der Waals surface area contributed by atoms with E-state index in [1.54, 1.807) is 11.8 Å². The number of carbonyl (C=O) groups is 1. The van der Waals surface area contributed by atoms with Crippen LogP contribution in [0.1, 0.15) is 18.4 Å². The normalized spacial score (nSPS) is 29.8. The molecule has 4 aliphatic heterocycles. The molecule has 0 aliphatic carbocycles. The van der Waals surface area contributed by atoms with Crippen molar-refractivity contribution in [2.75, 3.05) is 51.6 Å². The fourth-order valence-electron chi connectivity index (χ4n) is 4.60. The third kappa shape index (κ3) is 3.88. The predicted molar refractivity (Wildman–Crippen MR) is 103 cm³/mol. The van der Waals surface area contributed by atoms with Gasteiger partial charge in [0.1, 0.15) is 0 Å². The number of piperazine rings is 1. The van der Waals surface area contributed by atoms with E-state index in [1.807, 2.05) is 6.07 Å². The molecule has 0 N–H and O–H groups in total. The van der Waals surface area contributed by atoms with Crippen molar-refractivity contribution in [3.63, 3.8) is 0 Å². The number of hydrogen-bond donors (Lipinski definition) is 0. The van der Waals surface area contributed by atoms with Crippen LogP contribution in [-0.2, 0) is 4.79 Å². The van der Waals surface area contributed by atoms with Crippen LogP contribution in [-0.4, -0.2) is 78.2 Å². The first-order chi connectivity index (χ1) is 12.2. The van der Waals surface area contributed by atoms with Crippen molar-refractivity contribution < 1.29 is 4.79 Å². The van der Waals surface area contributed by atoms with E-state index in [1.165, 1.54) is 42.9 Å². The van der Waals surface area contributed by atoms with Crippen LogP contribution < -0.4 is 0 Å². The summed E-state index contributed by atoms with van der Waals surface area (Å²) < 4.78 is 0. The molecular weight excluding hydrogens is 330 g/mol. The molecule has 0 spiro atoms. The minimum Gasteiger partial charge on any atom is -0.339 e. The average Bonchev–Trinajstić information content (AvgIpc) is 2.68. The molecule has 1 aromatic carbocycles. The standard InChI is InChI=1S/C20H29N3OS/c1-16-4-2-3-5-19(16)25-15-20(24)23-12-10-22(11-13-23)18-14-21-8-6-17(18)7-9-21/h2-5,17-18H,6-15H2,1H3/t18-/m0/s1. The van der Waals surface area contributed by atoms with Gasteiger partial charge in [-0.3, -0.25) is 9.69 Å². The number of aryl methyl sites for hydroxylation is 1. The Morgan fingerprint density at radius 2 is 1.80 bits per heavy atom. The number of nitrogens with zero attached hydrogens (tertiary/aromatic N) is 3. The lowest BCUT2D eigenvalue weighted by atomic mass is 9.83. The van der Waals surface area contributed by atoms with Crippen LogP contribution in [0, 0.1) is 12.8 Å². The lowest BCUT2D eigenvalue weighted by Gasteiger charge is -2.51. The van der Waals surface area contributed by atoms with E-state index in [-0.39, 0.29) is 0 Å². The van der Waals surface area contributed by atoms with Crippen molar-refractivity contribution in [2.45, 2.75) is 30.7 Å². The van der Waals surface area contributed by atoms with Gasteiger partial charge in [0.15, 0.2) is 0 Å². The van der Waals surface area contributed by atoms with E-state index in [2.05, 4.69) is 39.8 Å². The van der Waals surface area contributed by atoms with Gasteiger partial charge in [0, 0.05) is 43.7 Å². The molecule has 5 heteroatoms.